The second-order valence-corrected chi connectivity index (χ2v) is 14.2. The molecule has 9 heteroatoms. The van der Waals surface area contributed by atoms with Crippen molar-refractivity contribution < 1.29 is 32.7 Å². The van der Waals surface area contributed by atoms with Crippen LogP contribution < -0.4 is 9.47 Å². The zero-order chi connectivity index (χ0) is 37.1. The molecule has 0 saturated heterocycles. The van der Waals surface area contributed by atoms with Crippen molar-refractivity contribution in [3.8, 4) is 23.8 Å². The number of methoxy groups -OCH3 is 2. The molecule has 0 amide bonds. The van der Waals surface area contributed by atoms with E-state index in [9.17, 15) is 0 Å². The summed E-state index contributed by atoms with van der Waals surface area (Å²) in [6.07, 6.45) is 9.53. The number of rotatable bonds is 25. The Bertz CT molecular complexity index is 1400. The van der Waals surface area contributed by atoms with Gasteiger partial charge in [0.2, 0.25) is 0 Å². The van der Waals surface area contributed by atoms with E-state index in [2.05, 4.69) is 63.6 Å². The maximum atomic E-state index is 7.40. The lowest BCUT2D eigenvalue weighted by Crippen LogP contribution is -2.46. The Morgan fingerprint density at radius 1 is 0.706 bits per heavy atom. The van der Waals surface area contributed by atoms with Crippen molar-refractivity contribution in [1.82, 2.24) is 4.67 Å². The average molecular weight is 718 g/mol. The van der Waals surface area contributed by atoms with Gasteiger partial charge in [-0.3, -0.25) is 0 Å². The van der Waals surface area contributed by atoms with Gasteiger partial charge in [-0.2, -0.15) is 0 Å². The molecule has 0 bridgehead atoms. The third-order valence-corrected chi connectivity index (χ3v) is 10.3. The molecule has 0 fully saturated rings. The maximum absolute atomic E-state index is 7.40. The predicted octanol–water partition coefficient (Wildman–Crippen LogP) is 8.81. The number of terminal acetylenes is 1. The van der Waals surface area contributed by atoms with E-state index in [1.54, 1.807) is 26.4 Å². The Labute approximate surface area is 307 Å². The highest BCUT2D eigenvalue weighted by atomic mass is 31.2. The van der Waals surface area contributed by atoms with Crippen LogP contribution in [0.4, 0.5) is 0 Å². The molecule has 1 atom stereocenters. The van der Waals surface area contributed by atoms with Gasteiger partial charge in [0.25, 0.3) is 8.53 Å². The Kier molecular flexibility index (Phi) is 17.9. The summed E-state index contributed by atoms with van der Waals surface area (Å²) in [5.41, 5.74) is 0.927. The van der Waals surface area contributed by atoms with E-state index >= 15 is 0 Å². The fraction of sp³-hybridized carbons (Fsp3) is 0.429. The molecule has 3 rings (SSSR count). The van der Waals surface area contributed by atoms with Gasteiger partial charge in [0.15, 0.2) is 0 Å². The summed E-state index contributed by atoms with van der Waals surface area (Å²) in [4.78, 5) is 0. The molecule has 0 aliphatic rings. The van der Waals surface area contributed by atoms with Crippen LogP contribution in [-0.4, -0.2) is 77.2 Å². The summed E-state index contributed by atoms with van der Waals surface area (Å²) >= 11 is 0. The van der Waals surface area contributed by atoms with Crippen LogP contribution in [0, 0.1) is 17.8 Å². The van der Waals surface area contributed by atoms with Crippen LogP contribution in [0.3, 0.4) is 0 Å². The second kappa shape index (κ2) is 21.8. The zero-order valence-electron chi connectivity index (χ0n) is 31.2. The molecule has 0 N–H and O–H groups in total. The van der Waals surface area contributed by atoms with E-state index < -0.39 is 19.5 Å². The van der Waals surface area contributed by atoms with E-state index in [-0.39, 0.29) is 38.5 Å². The molecule has 0 aliphatic heterocycles. The molecule has 0 aliphatic carbocycles. The number of nitrogens with zero attached hydrogens (tertiary/aromatic N) is 1. The van der Waals surface area contributed by atoms with Crippen molar-refractivity contribution >= 4 is 8.53 Å². The molecule has 276 valence electrons. The van der Waals surface area contributed by atoms with Gasteiger partial charge in [0.05, 0.1) is 65.9 Å². The Morgan fingerprint density at radius 2 is 1.20 bits per heavy atom. The number of hydrogen-bond donors (Lipinski definition) is 0. The first-order valence-corrected chi connectivity index (χ1v) is 18.5. The number of hydrogen-bond acceptors (Lipinski definition) is 8. The smallest absolute Gasteiger partial charge is 0.259 e. The molecule has 0 spiro atoms. The first kappa shape index (κ1) is 41.9. The van der Waals surface area contributed by atoms with E-state index in [1.165, 1.54) is 0 Å². The number of ether oxygens (including phenoxy) is 5. The molecule has 8 nitrogen and oxygen atoms in total. The van der Waals surface area contributed by atoms with Crippen LogP contribution in [0.5, 0.6) is 11.5 Å². The van der Waals surface area contributed by atoms with Crippen LogP contribution in [-0.2, 0) is 28.9 Å². The molecule has 1 unspecified atom stereocenters. The van der Waals surface area contributed by atoms with Gasteiger partial charge >= 0.3 is 0 Å². The largest absolute Gasteiger partial charge is 0.497 e. The molecule has 3 aromatic rings. The van der Waals surface area contributed by atoms with Gasteiger partial charge in [-0.25, -0.2) is 4.67 Å². The molecule has 51 heavy (non-hydrogen) atoms. The summed E-state index contributed by atoms with van der Waals surface area (Å²) < 4.78 is 46.3. The Hall–Kier alpha value is -3.51. The Morgan fingerprint density at radius 3 is 1.63 bits per heavy atom. The van der Waals surface area contributed by atoms with Crippen molar-refractivity contribution in [2.75, 3.05) is 60.5 Å². The maximum Gasteiger partial charge on any atom is 0.259 e. The first-order chi connectivity index (χ1) is 24.7. The topological polar surface area (TPSA) is 67.9 Å². The normalized spacial score (nSPS) is 12.5. The molecule has 0 aromatic heterocycles. The minimum absolute atomic E-state index is 0.164. The highest BCUT2D eigenvalue weighted by Crippen LogP contribution is 2.48. The molecule has 3 aromatic carbocycles. The quantitative estimate of drug-likeness (QED) is 0.0283. The standard InChI is InChI=1S/C42H56NO7P/c1-10-13-29-49-51(43(34(4)5)35(6)7)50-33-41(30-46-27-11-2,31-47-28-12-3)32-48-42(36-17-15-14-16-18-36,37-19-23-39(44-8)24-20-37)38-21-25-40(45-9)26-22-38/h1,11-12,14-26,34-35H,2-3,13,27-33H2,4-9H3. The molecule has 0 saturated carbocycles. The van der Waals surface area contributed by atoms with Crippen LogP contribution in [0.2, 0.25) is 0 Å². The zero-order valence-corrected chi connectivity index (χ0v) is 32.1. The third kappa shape index (κ3) is 11.8. The lowest BCUT2D eigenvalue weighted by Gasteiger charge is -2.42. The summed E-state index contributed by atoms with van der Waals surface area (Å²) in [6.45, 7) is 18.3. The minimum atomic E-state index is -1.49. The molecule has 0 radical (unpaired) electrons. The van der Waals surface area contributed by atoms with Crippen molar-refractivity contribution in [2.45, 2.75) is 51.8 Å². The summed E-state index contributed by atoms with van der Waals surface area (Å²) in [5.74, 6) is 4.16. The SMILES string of the molecule is C#CCCOP(OCC(COCC=C)(COCC=C)COC(c1ccccc1)(c1ccc(OC)cc1)c1ccc(OC)cc1)N(C(C)C)C(C)C. The van der Waals surface area contributed by atoms with Crippen molar-refractivity contribution in [2.24, 2.45) is 5.41 Å². The minimum Gasteiger partial charge on any atom is -0.497 e. The van der Waals surface area contributed by atoms with Crippen LogP contribution in [0.15, 0.2) is 104 Å². The van der Waals surface area contributed by atoms with E-state index in [1.807, 2.05) is 66.7 Å². The fourth-order valence-electron chi connectivity index (χ4n) is 5.82. The second-order valence-electron chi connectivity index (χ2n) is 12.8. The van der Waals surface area contributed by atoms with Crippen LogP contribution in [0.25, 0.3) is 0 Å². The summed E-state index contributed by atoms with van der Waals surface area (Å²) in [7, 11) is 1.82. The molecule has 0 heterocycles. The lowest BCUT2D eigenvalue weighted by atomic mass is 9.79. The highest BCUT2D eigenvalue weighted by molar-refractivity contribution is 7.44. The van der Waals surface area contributed by atoms with Crippen LogP contribution in [0.1, 0.15) is 50.8 Å². The van der Waals surface area contributed by atoms with E-state index in [0.29, 0.717) is 26.2 Å². The Balaban J connectivity index is 2.20. The van der Waals surface area contributed by atoms with E-state index in [0.717, 1.165) is 28.2 Å². The van der Waals surface area contributed by atoms with Gasteiger partial charge in [-0.1, -0.05) is 66.7 Å². The number of benzene rings is 3. The highest BCUT2D eigenvalue weighted by Gasteiger charge is 2.43. The van der Waals surface area contributed by atoms with Gasteiger partial charge in [0, 0.05) is 18.5 Å². The molecular formula is C42H56NO7P. The van der Waals surface area contributed by atoms with Gasteiger partial charge in [-0.15, -0.1) is 25.5 Å². The van der Waals surface area contributed by atoms with Crippen molar-refractivity contribution in [3.63, 3.8) is 0 Å². The monoisotopic (exact) mass is 717 g/mol. The fourth-order valence-corrected chi connectivity index (χ4v) is 7.55. The van der Waals surface area contributed by atoms with Gasteiger partial charge < -0.3 is 32.7 Å². The average Bonchev–Trinajstić information content (AvgIpc) is 3.14. The summed E-state index contributed by atoms with van der Waals surface area (Å²) in [6, 6.07) is 26.5. The van der Waals surface area contributed by atoms with Crippen LogP contribution >= 0.6 is 8.53 Å². The van der Waals surface area contributed by atoms with E-state index in [4.69, 9.17) is 39.2 Å². The third-order valence-electron chi connectivity index (χ3n) is 8.23. The first-order valence-electron chi connectivity index (χ1n) is 17.3. The van der Waals surface area contributed by atoms with Gasteiger partial charge in [0.1, 0.15) is 17.1 Å². The van der Waals surface area contributed by atoms with Crippen molar-refractivity contribution in [1.29, 1.82) is 0 Å². The molecular weight excluding hydrogens is 661 g/mol. The lowest BCUT2D eigenvalue weighted by molar-refractivity contribution is -0.112. The van der Waals surface area contributed by atoms with Crippen molar-refractivity contribution in [3.05, 3.63) is 121 Å². The van der Waals surface area contributed by atoms with Gasteiger partial charge in [-0.05, 0) is 68.7 Å². The summed E-state index contributed by atoms with van der Waals surface area (Å²) in [5, 5.41) is 0. The predicted molar refractivity (Wildman–Crippen MR) is 207 cm³/mol.